The maximum Gasteiger partial charge on any atom is 0.323 e. The fourth-order valence-electron chi connectivity index (χ4n) is 3.78. The number of hydrazine groups is 1. The quantitative estimate of drug-likeness (QED) is 0.549. The van der Waals surface area contributed by atoms with Gasteiger partial charge in [0.1, 0.15) is 24.0 Å². The molecular formula is C24H26Cl2N2O5. The summed E-state index contributed by atoms with van der Waals surface area (Å²) in [7, 11) is 0. The highest BCUT2D eigenvalue weighted by Gasteiger charge is 2.39. The number of nitrogens with zero attached hydrogens (tertiary/aromatic N) is 1. The number of ketones is 1. The second kappa shape index (κ2) is 10.7. The molecule has 0 spiro atoms. The Hall–Kier alpha value is -2.45. The van der Waals surface area contributed by atoms with Crippen LogP contribution in [0.2, 0.25) is 10.0 Å². The predicted molar refractivity (Wildman–Crippen MR) is 126 cm³/mol. The topological polar surface area (TPSA) is 95.9 Å². The van der Waals surface area contributed by atoms with Crippen molar-refractivity contribution in [1.29, 1.82) is 0 Å². The smallest absolute Gasteiger partial charge is 0.323 e. The number of hydrogen-bond donors (Lipinski definition) is 2. The summed E-state index contributed by atoms with van der Waals surface area (Å²) < 4.78 is 6.35. The first-order chi connectivity index (χ1) is 15.6. The molecule has 2 aromatic carbocycles. The largest absolute Gasteiger partial charge is 0.480 e. The van der Waals surface area contributed by atoms with Gasteiger partial charge in [0.2, 0.25) is 0 Å². The number of ether oxygens (including phenoxy) is 1. The maximum atomic E-state index is 13.6. The summed E-state index contributed by atoms with van der Waals surface area (Å²) in [5.41, 5.74) is 4.34. The van der Waals surface area contributed by atoms with Gasteiger partial charge < -0.3 is 9.84 Å². The van der Waals surface area contributed by atoms with Crippen molar-refractivity contribution >= 4 is 46.5 Å². The van der Waals surface area contributed by atoms with Gasteiger partial charge in [0.15, 0.2) is 0 Å². The minimum Gasteiger partial charge on any atom is -0.480 e. The molecule has 0 bridgehead atoms. The number of benzene rings is 2. The van der Waals surface area contributed by atoms with E-state index in [9.17, 15) is 19.5 Å². The van der Waals surface area contributed by atoms with Gasteiger partial charge in [-0.25, -0.2) is 10.4 Å². The lowest BCUT2D eigenvalue weighted by atomic mass is 9.99. The van der Waals surface area contributed by atoms with Crippen molar-refractivity contribution in [2.45, 2.75) is 51.9 Å². The van der Waals surface area contributed by atoms with E-state index in [-0.39, 0.29) is 18.1 Å². The highest BCUT2D eigenvalue weighted by molar-refractivity contribution is 6.31. The van der Waals surface area contributed by atoms with Crippen LogP contribution in [-0.2, 0) is 19.1 Å². The van der Waals surface area contributed by atoms with Crippen molar-refractivity contribution in [2.75, 3.05) is 5.01 Å². The number of carboxylic acids is 1. The lowest BCUT2D eigenvalue weighted by Gasteiger charge is -2.29. The Morgan fingerprint density at radius 3 is 2.45 bits per heavy atom. The summed E-state index contributed by atoms with van der Waals surface area (Å²) in [6.45, 7) is 5.22. The zero-order valence-corrected chi connectivity index (χ0v) is 20.1. The number of Topliss-reactive ketones (excluding diaryl/α,β-unsaturated/α-hetero) is 1. The molecular weight excluding hydrogens is 467 g/mol. The number of anilines is 1. The molecule has 1 aliphatic heterocycles. The summed E-state index contributed by atoms with van der Waals surface area (Å²) >= 11 is 12.8. The molecule has 0 aliphatic carbocycles. The number of amides is 1. The number of carboxylic acid groups (broad SMARTS) is 1. The van der Waals surface area contributed by atoms with E-state index in [0.29, 0.717) is 33.3 Å². The minimum atomic E-state index is -1.30. The van der Waals surface area contributed by atoms with Crippen LogP contribution >= 0.6 is 23.2 Å². The van der Waals surface area contributed by atoms with E-state index < -0.39 is 30.1 Å². The number of nitrogens with one attached hydrogen (secondary N) is 1. The molecule has 0 fully saturated rings. The van der Waals surface area contributed by atoms with Crippen LogP contribution in [0.3, 0.4) is 0 Å². The molecule has 0 radical (unpaired) electrons. The Balaban J connectivity index is 2.18. The van der Waals surface area contributed by atoms with E-state index in [1.807, 2.05) is 26.0 Å². The third kappa shape index (κ3) is 5.92. The van der Waals surface area contributed by atoms with E-state index in [1.165, 1.54) is 11.9 Å². The zero-order valence-electron chi connectivity index (χ0n) is 18.5. The van der Waals surface area contributed by atoms with Gasteiger partial charge in [-0.05, 0) is 43.5 Å². The molecule has 1 heterocycles. The summed E-state index contributed by atoms with van der Waals surface area (Å²) in [4.78, 5) is 37.1. The highest BCUT2D eigenvalue weighted by Crippen LogP contribution is 2.41. The van der Waals surface area contributed by atoms with Gasteiger partial charge in [-0.2, -0.15) is 0 Å². The molecule has 0 saturated carbocycles. The summed E-state index contributed by atoms with van der Waals surface area (Å²) in [5, 5.41) is 11.7. The fourth-order valence-corrected chi connectivity index (χ4v) is 4.19. The van der Waals surface area contributed by atoms with Gasteiger partial charge in [0, 0.05) is 27.6 Å². The van der Waals surface area contributed by atoms with Crippen LogP contribution in [0.4, 0.5) is 5.69 Å². The first kappa shape index (κ1) is 25.2. The maximum absolute atomic E-state index is 13.6. The summed E-state index contributed by atoms with van der Waals surface area (Å²) in [6, 6.07) is 10.8. The number of halogens is 2. The third-order valence-electron chi connectivity index (χ3n) is 5.26. The van der Waals surface area contributed by atoms with Crippen molar-refractivity contribution in [3.8, 4) is 0 Å². The standard InChI is InChI=1S/C24H26Cl2N2O5/c1-13(2)10-21-23(30)28(27-19(24(31)32)11-14(3)29)20-9-8-15(25)12-17(20)22(33-21)16-6-4-5-7-18(16)26/h4-9,12-13,19,21-22,27H,10-11H2,1-3H3,(H,31,32)/t19-,21-,22-/m0/s1. The zero-order chi connectivity index (χ0) is 24.3. The van der Waals surface area contributed by atoms with Crippen LogP contribution in [0.1, 0.15) is 50.8 Å². The molecule has 3 rings (SSSR count). The van der Waals surface area contributed by atoms with Gasteiger partial charge in [0.25, 0.3) is 5.91 Å². The van der Waals surface area contributed by atoms with E-state index in [4.69, 9.17) is 27.9 Å². The Morgan fingerprint density at radius 2 is 1.85 bits per heavy atom. The molecule has 3 atom stereocenters. The second-order valence-corrected chi connectivity index (χ2v) is 9.30. The Morgan fingerprint density at radius 1 is 1.15 bits per heavy atom. The van der Waals surface area contributed by atoms with Gasteiger partial charge in [0.05, 0.1) is 5.69 Å². The number of rotatable bonds is 8. The molecule has 7 nitrogen and oxygen atoms in total. The third-order valence-corrected chi connectivity index (χ3v) is 5.84. The number of carbonyl (C=O) groups is 3. The van der Waals surface area contributed by atoms with Crippen LogP contribution < -0.4 is 10.4 Å². The number of carbonyl (C=O) groups excluding carboxylic acids is 2. The average Bonchev–Trinajstić information content (AvgIpc) is 2.83. The van der Waals surface area contributed by atoms with E-state index >= 15 is 0 Å². The first-order valence-electron chi connectivity index (χ1n) is 10.6. The van der Waals surface area contributed by atoms with Crippen molar-refractivity contribution < 1.29 is 24.2 Å². The van der Waals surface area contributed by atoms with Crippen LogP contribution in [0.5, 0.6) is 0 Å². The molecule has 2 N–H and O–H groups in total. The van der Waals surface area contributed by atoms with Crippen molar-refractivity contribution in [3.05, 3.63) is 63.6 Å². The molecule has 1 amide bonds. The van der Waals surface area contributed by atoms with Gasteiger partial charge >= 0.3 is 5.97 Å². The SMILES string of the molecule is CC(=O)C[C@H](NN1C(=O)[C@H](CC(C)C)O[C@@H](c2ccccc2Cl)c2cc(Cl)ccc21)C(=O)O. The molecule has 176 valence electrons. The van der Waals surface area contributed by atoms with Crippen molar-refractivity contribution in [1.82, 2.24) is 5.43 Å². The number of hydrogen-bond acceptors (Lipinski definition) is 5. The van der Waals surface area contributed by atoms with E-state index in [2.05, 4.69) is 5.43 Å². The van der Waals surface area contributed by atoms with Crippen LogP contribution in [-0.4, -0.2) is 34.9 Å². The van der Waals surface area contributed by atoms with Crippen LogP contribution in [0.25, 0.3) is 0 Å². The monoisotopic (exact) mass is 492 g/mol. The first-order valence-corrected chi connectivity index (χ1v) is 11.4. The lowest BCUT2D eigenvalue weighted by molar-refractivity contribution is -0.142. The van der Waals surface area contributed by atoms with Gasteiger partial charge in [-0.1, -0.05) is 55.2 Å². The molecule has 2 aromatic rings. The lowest BCUT2D eigenvalue weighted by Crippen LogP contribution is -2.55. The minimum absolute atomic E-state index is 0.116. The molecule has 0 unspecified atom stereocenters. The predicted octanol–water partition coefficient (Wildman–Crippen LogP) is 4.80. The molecule has 0 aromatic heterocycles. The number of aliphatic carboxylic acids is 1. The summed E-state index contributed by atoms with van der Waals surface area (Å²) in [5.74, 6) is -1.92. The van der Waals surface area contributed by atoms with Crippen LogP contribution in [0.15, 0.2) is 42.5 Å². The van der Waals surface area contributed by atoms with Crippen LogP contribution in [0, 0.1) is 5.92 Å². The average molecular weight is 493 g/mol. The van der Waals surface area contributed by atoms with Crippen molar-refractivity contribution in [3.63, 3.8) is 0 Å². The highest BCUT2D eigenvalue weighted by atomic mass is 35.5. The number of fused-ring (bicyclic) bond motifs is 1. The van der Waals surface area contributed by atoms with Gasteiger partial charge in [-0.15, -0.1) is 0 Å². The van der Waals surface area contributed by atoms with E-state index in [1.54, 1.807) is 30.3 Å². The molecule has 9 heteroatoms. The molecule has 0 saturated heterocycles. The van der Waals surface area contributed by atoms with E-state index in [0.717, 1.165) is 0 Å². The second-order valence-electron chi connectivity index (χ2n) is 8.46. The Kier molecular flexibility index (Phi) is 8.13. The molecule has 1 aliphatic rings. The normalized spacial score (nSPS) is 19.2. The summed E-state index contributed by atoms with van der Waals surface area (Å²) in [6.07, 6.45) is -1.50. The Labute approximate surface area is 202 Å². The van der Waals surface area contributed by atoms with Crippen molar-refractivity contribution in [2.24, 2.45) is 5.92 Å². The van der Waals surface area contributed by atoms with Gasteiger partial charge in [-0.3, -0.25) is 14.4 Å². The molecule has 33 heavy (non-hydrogen) atoms. The fraction of sp³-hybridized carbons (Fsp3) is 0.375. The Bertz CT molecular complexity index is 1060.